The molecule has 5 nitrogen and oxygen atoms in total. The fourth-order valence-electron chi connectivity index (χ4n) is 2.85. The van der Waals surface area contributed by atoms with Gasteiger partial charge in [-0.05, 0) is 45.2 Å². The second kappa shape index (κ2) is 8.77. The summed E-state index contributed by atoms with van der Waals surface area (Å²) in [6.45, 7) is 7.44. The van der Waals surface area contributed by atoms with Crippen molar-refractivity contribution in [1.29, 1.82) is 0 Å². The van der Waals surface area contributed by atoms with Crippen LogP contribution in [0, 0.1) is 0 Å². The Morgan fingerprint density at radius 3 is 2.56 bits per heavy atom. The van der Waals surface area contributed by atoms with E-state index in [9.17, 15) is 4.79 Å². The smallest absolute Gasteiger partial charge is 0.410 e. The van der Waals surface area contributed by atoms with Crippen LogP contribution in [0.15, 0.2) is 18.2 Å². The largest absolute Gasteiger partial charge is 0.496 e. The number of ether oxygens (including phenoxy) is 3. The number of amides is 1. The molecule has 0 aliphatic carbocycles. The van der Waals surface area contributed by atoms with Gasteiger partial charge in [0.2, 0.25) is 0 Å². The van der Waals surface area contributed by atoms with Gasteiger partial charge in [-0.2, -0.15) is 0 Å². The summed E-state index contributed by atoms with van der Waals surface area (Å²) in [5, 5.41) is 0. The van der Waals surface area contributed by atoms with Crippen LogP contribution in [0.5, 0.6) is 5.75 Å². The third-order valence-corrected chi connectivity index (χ3v) is 4.40. The van der Waals surface area contributed by atoms with Crippen LogP contribution >= 0.6 is 11.6 Å². The van der Waals surface area contributed by atoms with Gasteiger partial charge < -0.3 is 19.1 Å². The zero-order chi connectivity index (χ0) is 18.4. The van der Waals surface area contributed by atoms with Gasteiger partial charge in [0.1, 0.15) is 11.4 Å². The summed E-state index contributed by atoms with van der Waals surface area (Å²) in [7, 11) is 1.62. The Labute approximate surface area is 155 Å². The highest BCUT2D eigenvalue weighted by Gasteiger charge is 2.30. The van der Waals surface area contributed by atoms with Gasteiger partial charge in [-0.15, -0.1) is 11.6 Å². The Balaban J connectivity index is 2.21. The molecule has 0 saturated carbocycles. The lowest BCUT2D eigenvalue weighted by atomic mass is 10.1. The van der Waals surface area contributed by atoms with Gasteiger partial charge in [0, 0.05) is 31.4 Å². The molecule has 0 atom stereocenters. The van der Waals surface area contributed by atoms with Crippen molar-refractivity contribution in [2.24, 2.45) is 0 Å². The molecule has 1 aliphatic heterocycles. The maximum absolute atomic E-state index is 12.8. The van der Waals surface area contributed by atoms with Crippen molar-refractivity contribution in [1.82, 2.24) is 4.90 Å². The van der Waals surface area contributed by atoms with E-state index in [1.165, 1.54) is 0 Å². The van der Waals surface area contributed by atoms with Crippen LogP contribution in [0.25, 0.3) is 0 Å². The highest BCUT2D eigenvalue weighted by molar-refractivity contribution is 6.17. The summed E-state index contributed by atoms with van der Waals surface area (Å²) in [5.41, 5.74) is 1.39. The van der Waals surface area contributed by atoms with Crippen LogP contribution in [0.4, 0.5) is 4.79 Å². The zero-order valence-corrected chi connectivity index (χ0v) is 16.3. The van der Waals surface area contributed by atoms with Crippen molar-refractivity contribution in [3.05, 3.63) is 29.3 Å². The van der Waals surface area contributed by atoms with Crippen LogP contribution in [0.1, 0.15) is 44.7 Å². The topological polar surface area (TPSA) is 48.0 Å². The quantitative estimate of drug-likeness (QED) is 0.724. The highest BCUT2D eigenvalue weighted by Crippen LogP contribution is 2.25. The summed E-state index contributed by atoms with van der Waals surface area (Å²) >= 11 is 5.94. The van der Waals surface area contributed by atoms with Gasteiger partial charge in [0.15, 0.2) is 0 Å². The predicted octanol–water partition coefficient (Wildman–Crippen LogP) is 4.35. The van der Waals surface area contributed by atoms with Crippen molar-refractivity contribution >= 4 is 17.7 Å². The molecule has 0 N–H and O–H groups in total. The Bertz CT molecular complexity index is 579. The first kappa shape index (κ1) is 19.9. The van der Waals surface area contributed by atoms with Crippen LogP contribution in [-0.4, -0.2) is 43.0 Å². The molecule has 0 aromatic heterocycles. The lowest BCUT2D eigenvalue weighted by Gasteiger charge is -2.35. The Hall–Kier alpha value is -1.46. The highest BCUT2D eigenvalue weighted by atomic mass is 35.5. The minimum Gasteiger partial charge on any atom is -0.496 e. The van der Waals surface area contributed by atoms with Gasteiger partial charge in [0.25, 0.3) is 0 Å². The second-order valence-electron chi connectivity index (χ2n) is 7.23. The van der Waals surface area contributed by atoms with Crippen molar-refractivity contribution in [2.75, 3.05) is 20.3 Å². The number of carbonyl (C=O) groups is 1. The number of rotatable bonds is 5. The number of carbonyl (C=O) groups excluding carboxylic acids is 1. The fourth-order valence-corrected chi connectivity index (χ4v) is 3.08. The third kappa shape index (κ3) is 5.79. The second-order valence-corrected chi connectivity index (χ2v) is 7.50. The first-order valence-corrected chi connectivity index (χ1v) is 9.16. The number of hydrogen-bond donors (Lipinski definition) is 0. The predicted molar refractivity (Wildman–Crippen MR) is 98.2 cm³/mol. The molecule has 1 fully saturated rings. The number of alkyl halides is 1. The van der Waals surface area contributed by atoms with Gasteiger partial charge in [0.05, 0.1) is 13.0 Å². The van der Waals surface area contributed by atoms with E-state index in [0.29, 0.717) is 25.6 Å². The molecule has 2 rings (SSSR count). The maximum Gasteiger partial charge on any atom is 0.410 e. The first-order valence-electron chi connectivity index (χ1n) is 8.63. The molecule has 1 aromatic rings. The third-order valence-electron chi connectivity index (χ3n) is 4.11. The molecular weight excluding hydrogens is 342 g/mol. The first-order chi connectivity index (χ1) is 11.8. The van der Waals surface area contributed by atoms with E-state index in [-0.39, 0.29) is 12.1 Å². The van der Waals surface area contributed by atoms with Gasteiger partial charge in [-0.3, -0.25) is 0 Å². The van der Waals surface area contributed by atoms with E-state index in [2.05, 4.69) is 0 Å². The number of halogens is 1. The molecule has 1 heterocycles. The summed E-state index contributed by atoms with van der Waals surface area (Å²) in [6, 6.07) is 5.98. The molecule has 0 bridgehead atoms. The number of methoxy groups -OCH3 is 1. The van der Waals surface area contributed by atoms with E-state index >= 15 is 0 Å². The lowest BCUT2D eigenvalue weighted by molar-refractivity contribution is -0.00810. The Kier molecular flexibility index (Phi) is 6.96. The molecule has 140 valence electrons. The molecule has 1 saturated heterocycles. The standard InChI is InChI=1S/C19H28ClNO4/c1-19(2,3)25-18(22)21(16-7-9-24-10-8-16)13-14-5-6-15(12-20)17(11-14)23-4/h5-6,11,16H,7-10,12-13H2,1-4H3. The number of nitrogens with zero attached hydrogens (tertiary/aromatic N) is 1. The number of hydrogen-bond acceptors (Lipinski definition) is 4. The summed E-state index contributed by atoms with van der Waals surface area (Å²) in [5.74, 6) is 1.13. The van der Waals surface area contributed by atoms with Crippen molar-refractivity contribution in [3.63, 3.8) is 0 Å². The van der Waals surface area contributed by atoms with Gasteiger partial charge in [-0.1, -0.05) is 12.1 Å². The zero-order valence-electron chi connectivity index (χ0n) is 15.5. The monoisotopic (exact) mass is 369 g/mol. The minimum absolute atomic E-state index is 0.113. The van der Waals surface area contributed by atoms with E-state index < -0.39 is 5.60 Å². The van der Waals surface area contributed by atoms with Gasteiger partial charge in [-0.25, -0.2) is 4.79 Å². The van der Waals surface area contributed by atoms with Crippen molar-refractivity contribution < 1.29 is 19.0 Å². The average molecular weight is 370 g/mol. The average Bonchev–Trinajstić information content (AvgIpc) is 2.58. The molecule has 0 spiro atoms. The lowest BCUT2D eigenvalue weighted by Crippen LogP contribution is -2.45. The van der Waals surface area contributed by atoms with Crippen LogP contribution < -0.4 is 4.74 Å². The van der Waals surface area contributed by atoms with Crippen LogP contribution in [-0.2, 0) is 21.9 Å². The molecule has 1 aliphatic rings. The molecule has 0 unspecified atom stereocenters. The van der Waals surface area contributed by atoms with Gasteiger partial charge >= 0.3 is 6.09 Å². The van der Waals surface area contributed by atoms with Crippen molar-refractivity contribution in [2.45, 2.75) is 57.7 Å². The van der Waals surface area contributed by atoms with Crippen LogP contribution in [0.2, 0.25) is 0 Å². The maximum atomic E-state index is 12.8. The molecule has 25 heavy (non-hydrogen) atoms. The summed E-state index contributed by atoms with van der Waals surface area (Å²) in [6.07, 6.45) is 1.34. The molecule has 1 amide bonds. The minimum atomic E-state index is -0.527. The summed E-state index contributed by atoms with van der Waals surface area (Å²) < 4.78 is 16.5. The Morgan fingerprint density at radius 2 is 2.00 bits per heavy atom. The fraction of sp³-hybridized carbons (Fsp3) is 0.632. The van der Waals surface area contributed by atoms with E-state index in [4.69, 9.17) is 25.8 Å². The Morgan fingerprint density at radius 1 is 1.32 bits per heavy atom. The molecular formula is C19H28ClNO4. The van der Waals surface area contributed by atoms with E-state index in [1.807, 2.05) is 43.9 Å². The molecule has 1 aromatic carbocycles. The SMILES string of the molecule is COc1cc(CN(C(=O)OC(C)(C)C)C2CCOCC2)ccc1CCl. The van der Waals surface area contributed by atoms with E-state index in [0.717, 1.165) is 29.7 Å². The molecule has 0 radical (unpaired) electrons. The molecule has 6 heteroatoms. The summed E-state index contributed by atoms with van der Waals surface area (Å²) in [4.78, 5) is 14.6. The van der Waals surface area contributed by atoms with E-state index in [1.54, 1.807) is 7.11 Å². The number of benzene rings is 1. The van der Waals surface area contributed by atoms with Crippen LogP contribution in [0.3, 0.4) is 0 Å². The van der Waals surface area contributed by atoms with Crippen molar-refractivity contribution in [3.8, 4) is 5.75 Å². The normalized spacial score (nSPS) is 15.7.